The minimum atomic E-state index is -0.511. The first kappa shape index (κ1) is 11.9. The maximum Gasteiger partial charge on any atom is 0.330 e. The highest BCUT2D eigenvalue weighted by atomic mass is 16.5. The summed E-state index contributed by atoms with van der Waals surface area (Å²) in [6, 6.07) is -0.511. The van der Waals surface area contributed by atoms with Gasteiger partial charge in [0.2, 0.25) is 5.91 Å². The van der Waals surface area contributed by atoms with E-state index in [0.29, 0.717) is 13.0 Å². The maximum absolute atomic E-state index is 11.6. The van der Waals surface area contributed by atoms with Crippen LogP contribution in [0.15, 0.2) is 0 Å². The summed E-state index contributed by atoms with van der Waals surface area (Å²) in [5.41, 5.74) is 8.20. The number of carbonyl (C=O) groups excluding carboxylic acids is 2. The van der Waals surface area contributed by atoms with E-state index < -0.39 is 6.04 Å². The van der Waals surface area contributed by atoms with Gasteiger partial charge in [0, 0.05) is 19.5 Å². The van der Waals surface area contributed by atoms with Gasteiger partial charge in [0.05, 0.1) is 7.11 Å². The van der Waals surface area contributed by atoms with Crippen LogP contribution in [0, 0.1) is 0 Å². The molecule has 0 aromatic heterocycles. The molecular formula is C9H17N3O3. The van der Waals surface area contributed by atoms with Crippen molar-refractivity contribution in [3.05, 3.63) is 0 Å². The quantitative estimate of drug-likeness (QED) is 0.590. The lowest BCUT2D eigenvalue weighted by molar-refractivity contribution is -0.158. The van der Waals surface area contributed by atoms with Crippen LogP contribution in [0.2, 0.25) is 0 Å². The van der Waals surface area contributed by atoms with Crippen LogP contribution in [0.4, 0.5) is 0 Å². The highest BCUT2D eigenvalue weighted by Crippen LogP contribution is 2.12. The van der Waals surface area contributed by atoms with Crippen molar-refractivity contribution in [2.24, 2.45) is 5.73 Å². The zero-order valence-electron chi connectivity index (χ0n) is 8.86. The molecule has 86 valence electrons. The van der Waals surface area contributed by atoms with Crippen LogP contribution in [-0.2, 0) is 14.3 Å². The third kappa shape index (κ3) is 2.90. The zero-order chi connectivity index (χ0) is 11.3. The topological polar surface area (TPSA) is 84.7 Å². The molecule has 3 N–H and O–H groups in total. The van der Waals surface area contributed by atoms with Gasteiger partial charge in [0.1, 0.15) is 6.04 Å². The summed E-state index contributed by atoms with van der Waals surface area (Å²) in [7, 11) is 1.32. The number of carbonyl (C=O) groups is 2. The maximum atomic E-state index is 11.6. The Balaban J connectivity index is 2.65. The van der Waals surface area contributed by atoms with Crippen molar-refractivity contribution < 1.29 is 14.3 Å². The Labute approximate surface area is 88.7 Å². The molecule has 1 aliphatic heterocycles. The fourth-order valence-electron chi connectivity index (χ4n) is 1.60. The number of nitrogens with two attached hydrogens (primary N) is 1. The first-order valence-corrected chi connectivity index (χ1v) is 5.04. The summed E-state index contributed by atoms with van der Waals surface area (Å²) in [5, 5.41) is 1.35. The molecule has 1 aliphatic rings. The van der Waals surface area contributed by atoms with Gasteiger partial charge >= 0.3 is 5.97 Å². The van der Waals surface area contributed by atoms with Crippen molar-refractivity contribution in [1.29, 1.82) is 0 Å². The smallest absolute Gasteiger partial charge is 0.330 e. The number of rotatable bonds is 3. The summed E-state index contributed by atoms with van der Waals surface area (Å²) in [4.78, 5) is 23.0. The Morgan fingerprint density at radius 2 is 2.33 bits per heavy atom. The largest absolute Gasteiger partial charge is 0.467 e. The standard InChI is InChI=1S/C9H17N3O3/c1-15-9(14)7-3-2-6-11-12(7)8(13)4-5-10/h7,11H,2-6,10H2,1H3. The van der Waals surface area contributed by atoms with E-state index in [1.165, 1.54) is 12.1 Å². The van der Waals surface area contributed by atoms with Crippen LogP contribution in [0.1, 0.15) is 19.3 Å². The molecular weight excluding hydrogens is 198 g/mol. The van der Waals surface area contributed by atoms with Crippen LogP contribution < -0.4 is 11.2 Å². The predicted octanol–water partition coefficient (Wildman–Crippen LogP) is -0.996. The van der Waals surface area contributed by atoms with Crippen molar-refractivity contribution >= 4 is 11.9 Å². The molecule has 15 heavy (non-hydrogen) atoms. The van der Waals surface area contributed by atoms with E-state index in [4.69, 9.17) is 5.73 Å². The van der Waals surface area contributed by atoms with Crippen molar-refractivity contribution in [1.82, 2.24) is 10.4 Å². The fourth-order valence-corrected chi connectivity index (χ4v) is 1.60. The number of hydrogen-bond acceptors (Lipinski definition) is 5. The minimum absolute atomic E-state index is 0.160. The highest BCUT2D eigenvalue weighted by molar-refractivity contribution is 5.84. The van der Waals surface area contributed by atoms with Crippen LogP contribution >= 0.6 is 0 Å². The molecule has 0 saturated carbocycles. The number of nitrogens with one attached hydrogen (secondary N) is 1. The molecule has 1 saturated heterocycles. The number of amides is 1. The van der Waals surface area contributed by atoms with E-state index >= 15 is 0 Å². The molecule has 1 fully saturated rings. The second-order valence-electron chi connectivity index (χ2n) is 3.39. The summed E-state index contributed by atoms with van der Waals surface area (Å²) >= 11 is 0. The molecule has 6 heteroatoms. The van der Waals surface area contributed by atoms with Crippen LogP contribution in [-0.4, -0.2) is 43.1 Å². The van der Waals surface area contributed by atoms with E-state index in [1.807, 2.05) is 0 Å². The van der Waals surface area contributed by atoms with Gasteiger partial charge in [-0.15, -0.1) is 0 Å². The summed E-state index contributed by atoms with van der Waals surface area (Å²) < 4.78 is 4.64. The Hall–Kier alpha value is -1.14. The second kappa shape index (κ2) is 5.67. The van der Waals surface area contributed by atoms with E-state index in [9.17, 15) is 9.59 Å². The average molecular weight is 215 g/mol. The summed E-state index contributed by atoms with van der Waals surface area (Å²) in [6.07, 6.45) is 1.72. The molecule has 0 bridgehead atoms. The van der Waals surface area contributed by atoms with Crippen molar-refractivity contribution in [2.45, 2.75) is 25.3 Å². The Kier molecular flexibility index (Phi) is 4.51. The van der Waals surface area contributed by atoms with Gasteiger partial charge in [-0.3, -0.25) is 9.80 Å². The molecule has 0 spiro atoms. The van der Waals surface area contributed by atoms with Crippen LogP contribution in [0.5, 0.6) is 0 Å². The van der Waals surface area contributed by atoms with Gasteiger partial charge in [-0.1, -0.05) is 0 Å². The molecule has 1 amide bonds. The minimum Gasteiger partial charge on any atom is -0.467 e. The van der Waals surface area contributed by atoms with Crippen molar-refractivity contribution in [2.75, 3.05) is 20.2 Å². The number of hydrazine groups is 1. The molecule has 1 unspecified atom stereocenters. The third-order valence-corrected chi connectivity index (χ3v) is 2.35. The lowest BCUT2D eigenvalue weighted by Crippen LogP contribution is -2.56. The number of hydrogen-bond donors (Lipinski definition) is 2. The lowest BCUT2D eigenvalue weighted by atomic mass is 10.1. The zero-order valence-corrected chi connectivity index (χ0v) is 8.86. The first-order valence-electron chi connectivity index (χ1n) is 5.04. The Morgan fingerprint density at radius 1 is 1.60 bits per heavy atom. The van der Waals surface area contributed by atoms with Crippen LogP contribution in [0.3, 0.4) is 0 Å². The normalized spacial score (nSPS) is 21.2. The monoisotopic (exact) mass is 215 g/mol. The third-order valence-electron chi connectivity index (χ3n) is 2.35. The lowest BCUT2D eigenvalue weighted by Gasteiger charge is -2.34. The molecule has 6 nitrogen and oxygen atoms in total. The SMILES string of the molecule is COC(=O)C1CCCNN1C(=O)CCN. The first-order chi connectivity index (χ1) is 7.20. The molecule has 0 aromatic rings. The van der Waals surface area contributed by atoms with E-state index in [2.05, 4.69) is 10.2 Å². The number of nitrogens with zero attached hydrogens (tertiary/aromatic N) is 1. The van der Waals surface area contributed by atoms with Crippen LogP contribution in [0.25, 0.3) is 0 Å². The molecule has 1 rings (SSSR count). The van der Waals surface area contributed by atoms with Crippen molar-refractivity contribution in [3.63, 3.8) is 0 Å². The van der Waals surface area contributed by atoms with E-state index in [-0.39, 0.29) is 24.8 Å². The molecule has 0 aromatic carbocycles. The number of esters is 1. The van der Waals surface area contributed by atoms with Gasteiger partial charge in [-0.2, -0.15) is 0 Å². The number of ether oxygens (including phenoxy) is 1. The van der Waals surface area contributed by atoms with Gasteiger partial charge in [-0.25, -0.2) is 10.2 Å². The fraction of sp³-hybridized carbons (Fsp3) is 0.778. The molecule has 0 aliphatic carbocycles. The second-order valence-corrected chi connectivity index (χ2v) is 3.39. The molecule has 1 heterocycles. The van der Waals surface area contributed by atoms with E-state index in [1.54, 1.807) is 0 Å². The molecule has 0 radical (unpaired) electrons. The van der Waals surface area contributed by atoms with E-state index in [0.717, 1.165) is 6.42 Å². The summed E-state index contributed by atoms with van der Waals surface area (Å²) in [5.74, 6) is -0.542. The van der Waals surface area contributed by atoms with Crippen molar-refractivity contribution in [3.8, 4) is 0 Å². The highest BCUT2D eigenvalue weighted by Gasteiger charge is 2.32. The molecule has 1 atom stereocenters. The van der Waals surface area contributed by atoms with Gasteiger partial charge in [0.15, 0.2) is 0 Å². The number of methoxy groups -OCH3 is 1. The van der Waals surface area contributed by atoms with Gasteiger partial charge in [0.25, 0.3) is 0 Å². The van der Waals surface area contributed by atoms with Gasteiger partial charge < -0.3 is 10.5 Å². The Morgan fingerprint density at radius 3 is 2.93 bits per heavy atom. The predicted molar refractivity (Wildman–Crippen MR) is 53.6 cm³/mol. The summed E-state index contributed by atoms with van der Waals surface area (Å²) in [6.45, 7) is 0.981. The van der Waals surface area contributed by atoms with Gasteiger partial charge in [-0.05, 0) is 12.8 Å². The average Bonchev–Trinajstić information content (AvgIpc) is 2.28. The Bertz CT molecular complexity index is 245.